The third-order valence-electron chi connectivity index (χ3n) is 13.8. The van der Waals surface area contributed by atoms with E-state index in [2.05, 4.69) is 180 Å². The molecular formula is C58H38BN3. The minimum atomic E-state index is -2.82. The van der Waals surface area contributed by atoms with Crippen molar-refractivity contribution in [3.05, 3.63) is 200 Å². The molecule has 288 valence electrons. The summed E-state index contributed by atoms with van der Waals surface area (Å²) in [6.45, 7) is -3.45. The topological polar surface area (TPSA) is 11.4 Å². The van der Waals surface area contributed by atoms with Crippen LogP contribution < -0.4 is 26.2 Å². The molecule has 0 bridgehead atoms. The average molecular weight is 794 g/mol. The molecule has 14 rings (SSSR count). The number of para-hydroxylation sites is 1. The molecule has 11 aromatic carbocycles. The van der Waals surface area contributed by atoms with E-state index in [-0.39, 0.29) is 12.1 Å². The lowest BCUT2D eigenvalue weighted by Gasteiger charge is -2.43. The fourth-order valence-corrected chi connectivity index (χ4v) is 11.3. The molecule has 2 aliphatic rings. The number of nitrogens with zero attached hydrogens (tertiary/aromatic N) is 3. The highest BCUT2D eigenvalue weighted by Gasteiger charge is 2.46. The molecule has 0 radical (unpaired) electrons. The summed E-state index contributed by atoms with van der Waals surface area (Å²) in [7, 11) is 2.09. The number of aromatic nitrogens is 1. The van der Waals surface area contributed by atoms with Gasteiger partial charge in [0, 0.05) is 44.8 Å². The highest BCUT2D eigenvalue weighted by Crippen LogP contribution is 2.50. The van der Waals surface area contributed by atoms with Crippen molar-refractivity contribution in [2.24, 2.45) is 7.05 Å². The first-order valence-electron chi connectivity index (χ1n) is 24.2. The Kier molecular flexibility index (Phi) is 5.71. The Labute approximate surface area is 367 Å². The van der Waals surface area contributed by atoms with Crippen molar-refractivity contribution in [2.45, 2.75) is 6.85 Å². The number of hydrogen-bond acceptors (Lipinski definition) is 2. The van der Waals surface area contributed by atoms with Gasteiger partial charge in [-0.3, -0.25) is 4.90 Å². The van der Waals surface area contributed by atoms with Gasteiger partial charge in [-0.25, -0.2) is 0 Å². The molecule has 0 unspecified atom stereocenters. The van der Waals surface area contributed by atoms with Crippen molar-refractivity contribution >= 4 is 133 Å². The van der Waals surface area contributed by atoms with Gasteiger partial charge in [-0.2, -0.15) is 0 Å². The minimum Gasteiger partial charge on any atom is -0.330 e. The van der Waals surface area contributed by atoms with Crippen LogP contribution in [0.3, 0.4) is 0 Å². The zero-order valence-electron chi connectivity index (χ0n) is 39.7. The van der Waals surface area contributed by atoms with Gasteiger partial charge in [0.25, 0.3) is 6.71 Å². The molecule has 0 N–H and O–H groups in total. The van der Waals surface area contributed by atoms with Crippen LogP contribution in [0, 0.1) is 6.85 Å². The predicted molar refractivity (Wildman–Crippen MR) is 267 cm³/mol. The van der Waals surface area contributed by atoms with Gasteiger partial charge in [0.1, 0.15) is 5.82 Å². The monoisotopic (exact) mass is 793 g/mol. The van der Waals surface area contributed by atoms with Gasteiger partial charge >= 0.3 is 0 Å². The Morgan fingerprint density at radius 3 is 1.58 bits per heavy atom. The van der Waals surface area contributed by atoms with Crippen molar-refractivity contribution in [3.63, 3.8) is 0 Å². The summed E-state index contributed by atoms with van der Waals surface area (Å²) in [6.07, 6.45) is 0. The summed E-state index contributed by atoms with van der Waals surface area (Å²) in [6, 6.07) is 60.7. The van der Waals surface area contributed by atoms with E-state index in [0.29, 0.717) is 11.2 Å². The highest BCUT2D eigenvalue weighted by molar-refractivity contribution is 7.01. The SMILES string of the molecule is [2H]c1c([2H])c(C([2H])([2H])[2H])c([2H])c2c1B1c3c(cccc3N(c3cccc4c5ccccc5c5ccccc5c34)c3c1c1ccccc1n3C)N2c1ccc2c3ccccc3c3ccccc3c2c1. The Bertz CT molecular complexity index is 4150. The number of aryl methyl sites for hydroxylation is 1. The summed E-state index contributed by atoms with van der Waals surface area (Å²) >= 11 is 0. The van der Waals surface area contributed by atoms with Crippen LogP contribution in [0.5, 0.6) is 0 Å². The van der Waals surface area contributed by atoms with E-state index in [1.807, 2.05) is 17.0 Å². The van der Waals surface area contributed by atoms with E-state index in [4.69, 9.17) is 4.11 Å². The van der Waals surface area contributed by atoms with E-state index in [0.717, 1.165) is 110 Å². The molecule has 3 nitrogen and oxygen atoms in total. The molecular weight excluding hydrogens is 749 g/mol. The van der Waals surface area contributed by atoms with Crippen LogP contribution in [0.4, 0.5) is 34.3 Å². The first-order valence-corrected chi connectivity index (χ1v) is 21.2. The molecule has 0 amide bonds. The second kappa shape index (κ2) is 12.4. The van der Waals surface area contributed by atoms with Crippen molar-refractivity contribution in [1.29, 1.82) is 0 Å². The second-order valence-electron chi connectivity index (χ2n) is 16.8. The second-order valence-corrected chi connectivity index (χ2v) is 16.8. The Balaban J connectivity index is 1.15. The summed E-state index contributed by atoms with van der Waals surface area (Å²) in [4.78, 5) is 4.41. The van der Waals surface area contributed by atoms with Crippen molar-refractivity contribution in [1.82, 2.24) is 4.57 Å². The molecule has 3 heterocycles. The van der Waals surface area contributed by atoms with E-state index in [1.165, 1.54) is 5.39 Å². The maximum Gasteiger partial charge on any atom is 0.255 e. The molecule has 0 atom stereocenters. The minimum absolute atomic E-state index is 0.190. The van der Waals surface area contributed by atoms with Gasteiger partial charge in [-0.1, -0.05) is 152 Å². The summed E-state index contributed by atoms with van der Waals surface area (Å²) in [5.74, 6) is 0.909. The molecule has 4 heteroatoms. The molecule has 1 aromatic heterocycles. The summed E-state index contributed by atoms with van der Waals surface area (Å²) in [5, 5.41) is 14.5. The lowest BCUT2D eigenvalue weighted by molar-refractivity contribution is 0.952. The molecule has 0 spiro atoms. The van der Waals surface area contributed by atoms with Crippen LogP contribution in [0.1, 0.15) is 13.8 Å². The third kappa shape index (κ3) is 4.35. The van der Waals surface area contributed by atoms with Crippen molar-refractivity contribution < 1.29 is 8.22 Å². The van der Waals surface area contributed by atoms with E-state index in [9.17, 15) is 4.11 Å². The number of rotatable bonds is 2. The smallest absolute Gasteiger partial charge is 0.255 e. The Morgan fingerprint density at radius 1 is 0.435 bits per heavy atom. The van der Waals surface area contributed by atoms with Crippen LogP contribution in [0.2, 0.25) is 0 Å². The molecule has 12 aromatic rings. The normalized spacial score (nSPS) is 14.8. The first-order chi connectivity index (χ1) is 33.1. The lowest BCUT2D eigenvalue weighted by Crippen LogP contribution is -2.61. The molecule has 0 saturated carbocycles. The highest BCUT2D eigenvalue weighted by atomic mass is 15.3. The quantitative estimate of drug-likeness (QED) is 0.128. The number of fused-ring (bicyclic) bond motifs is 18. The largest absolute Gasteiger partial charge is 0.330 e. The molecule has 0 aliphatic carbocycles. The van der Waals surface area contributed by atoms with Gasteiger partial charge in [0.15, 0.2) is 0 Å². The number of hydrogen-bond donors (Lipinski definition) is 0. The summed E-state index contributed by atoms with van der Waals surface area (Å²) < 4.78 is 57.8. The average Bonchev–Trinajstić information content (AvgIpc) is 3.66. The zero-order chi connectivity index (χ0) is 45.9. The fraction of sp³-hybridized carbons (Fsp3) is 0.0345. The van der Waals surface area contributed by atoms with E-state index < -0.39 is 25.2 Å². The maximum absolute atomic E-state index is 10.0. The van der Waals surface area contributed by atoms with Crippen LogP contribution in [-0.2, 0) is 7.05 Å². The zero-order valence-corrected chi connectivity index (χ0v) is 33.7. The third-order valence-corrected chi connectivity index (χ3v) is 13.8. The molecule has 0 saturated heterocycles. The Morgan fingerprint density at radius 2 is 0.935 bits per heavy atom. The van der Waals surface area contributed by atoms with Crippen LogP contribution >= 0.6 is 0 Å². The van der Waals surface area contributed by atoms with Gasteiger partial charge in [-0.15, -0.1) is 0 Å². The number of anilines is 6. The van der Waals surface area contributed by atoms with Crippen molar-refractivity contribution in [3.8, 4) is 0 Å². The van der Waals surface area contributed by atoms with Gasteiger partial charge in [0.05, 0.1) is 9.80 Å². The van der Waals surface area contributed by atoms with Crippen molar-refractivity contribution in [2.75, 3.05) is 9.80 Å². The predicted octanol–water partition coefficient (Wildman–Crippen LogP) is 13.5. The molecule has 2 aliphatic heterocycles. The molecule has 62 heavy (non-hydrogen) atoms. The van der Waals surface area contributed by atoms with Crippen LogP contribution in [-0.4, -0.2) is 11.3 Å². The van der Waals surface area contributed by atoms with E-state index in [1.54, 1.807) is 0 Å². The lowest BCUT2D eigenvalue weighted by atomic mass is 9.33. The first kappa shape index (κ1) is 28.6. The maximum atomic E-state index is 10.0. The van der Waals surface area contributed by atoms with Crippen LogP contribution in [0.25, 0.3) is 75.5 Å². The summed E-state index contributed by atoms with van der Waals surface area (Å²) in [5.41, 5.74) is 6.60. The molecule has 0 fully saturated rings. The van der Waals surface area contributed by atoms with Gasteiger partial charge in [0.2, 0.25) is 0 Å². The standard InChI is InChI=1S/C58H38BN3/c1-35-29-32-49-54(33-35)61(36-30-31-44-39-17-4-3-15-37(39)38-16-6-8-21-43(38)48(44)34-36)52-27-14-28-53-57(52)59(49)56-47-23-11-12-25-50(47)60(2)58(56)62(53)51-26-13-24-46-42-19-7-5-18-40(42)41-20-9-10-22-45(41)55(46)51/h3-34H,1-2H3/i1D3,29D,32D,33D. The fourth-order valence-electron chi connectivity index (χ4n) is 11.3. The van der Waals surface area contributed by atoms with E-state index >= 15 is 0 Å². The van der Waals surface area contributed by atoms with Gasteiger partial charge < -0.3 is 9.47 Å². The number of benzene rings is 11. The van der Waals surface area contributed by atoms with Gasteiger partial charge in [-0.05, 0) is 136 Å². The Hall–Kier alpha value is -7.82. The van der Waals surface area contributed by atoms with Crippen LogP contribution in [0.15, 0.2) is 194 Å².